The van der Waals surface area contributed by atoms with E-state index in [1.54, 1.807) is 6.20 Å². The standard InChI is InChI=1S/C18H14N6/c1-2-6-14(7-3-1)20-15-9-11-16(12-10-15)24-22-18(21-23-24)17-8-4-5-13-19-17/h1-13,20H. The zero-order valence-electron chi connectivity index (χ0n) is 12.7. The Balaban J connectivity index is 1.54. The van der Waals surface area contributed by atoms with Gasteiger partial charge in [0.05, 0.1) is 5.69 Å². The predicted molar refractivity (Wildman–Crippen MR) is 92.1 cm³/mol. The molecule has 0 bridgehead atoms. The molecule has 0 atom stereocenters. The lowest BCUT2D eigenvalue weighted by atomic mass is 10.2. The van der Waals surface area contributed by atoms with Gasteiger partial charge in [0, 0.05) is 17.6 Å². The molecule has 2 heterocycles. The van der Waals surface area contributed by atoms with Gasteiger partial charge < -0.3 is 5.32 Å². The molecule has 0 aliphatic rings. The quantitative estimate of drug-likeness (QED) is 0.624. The van der Waals surface area contributed by atoms with Crippen LogP contribution < -0.4 is 5.32 Å². The molecule has 0 aliphatic carbocycles. The number of para-hydroxylation sites is 1. The maximum Gasteiger partial charge on any atom is 0.223 e. The van der Waals surface area contributed by atoms with E-state index < -0.39 is 0 Å². The zero-order valence-corrected chi connectivity index (χ0v) is 12.7. The maximum absolute atomic E-state index is 4.38. The Bertz CT molecular complexity index is 917. The Labute approximate surface area is 138 Å². The van der Waals surface area contributed by atoms with E-state index >= 15 is 0 Å². The summed E-state index contributed by atoms with van der Waals surface area (Å²) in [6.07, 6.45) is 1.71. The molecule has 0 saturated heterocycles. The molecule has 0 saturated carbocycles. The van der Waals surface area contributed by atoms with Crippen molar-refractivity contribution < 1.29 is 0 Å². The van der Waals surface area contributed by atoms with E-state index in [2.05, 4.69) is 25.7 Å². The average Bonchev–Trinajstić information content (AvgIpc) is 3.14. The Morgan fingerprint density at radius 2 is 1.50 bits per heavy atom. The van der Waals surface area contributed by atoms with Crippen LogP contribution in [0, 0.1) is 0 Å². The first-order valence-corrected chi connectivity index (χ1v) is 7.52. The molecule has 0 radical (unpaired) electrons. The van der Waals surface area contributed by atoms with Crippen molar-refractivity contribution in [1.29, 1.82) is 0 Å². The predicted octanol–water partition coefficient (Wildman–Crippen LogP) is 3.47. The van der Waals surface area contributed by atoms with Crippen LogP contribution in [0.3, 0.4) is 0 Å². The molecule has 1 N–H and O–H groups in total. The Morgan fingerprint density at radius 3 is 2.25 bits per heavy atom. The van der Waals surface area contributed by atoms with E-state index in [1.807, 2.05) is 72.8 Å². The molecule has 2 aromatic carbocycles. The molecule has 116 valence electrons. The summed E-state index contributed by atoms with van der Waals surface area (Å²) in [6, 6.07) is 23.5. The normalized spacial score (nSPS) is 10.5. The molecule has 0 aliphatic heterocycles. The second kappa shape index (κ2) is 6.29. The summed E-state index contributed by atoms with van der Waals surface area (Å²) in [6.45, 7) is 0. The van der Waals surface area contributed by atoms with Crippen molar-refractivity contribution in [2.75, 3.05) is 5.32 Å². The van der Waals surface area contributed by atoms with Gasteiger partial charge in [-0.3, -0.25) is 4.98 Å². The molecule has 2 aromatic heterocycles. The van der Waals surface area contributed by atoms with Crippen molar-refractivity contribution in [3.05, 3.63) is 79.0 Å². The number of anilines is 2. The lowest BCUT2D eigenvalue weighted by Gasteiger charge is -2.06. The highest BCUT2D eigenvalue weighted by Crippen LogP contribution is 2.18. The van der Waals surface area contributed by atoms with Crippen LogP contribution in [0.5, 0.6) is 0 Å². The minimum absolute atomic E-state index is 0.502. The number of pyridine rings is 1. The van der Waals surface area contributed by atoms with Crippen LogP contribution in [0.4, 0.5) is 11.4 Å². The molecule has 0 unspecified atom stereocenters. The smallest absolute Gasteiger partial charge is 0.223 e. The minimum atomic E-state index is 0.502. The van der Waals surface area contributed by atoms with Crippen molar-refractivity contribution in [2.24, 2.45) is 0 Å². The van der Waals surface area contributed by atoms with E-state index in [1.165, 1.54) is 4.80 Å². The van der Waals surface area contributed by atoms with Gasteiger partial charge in [0.1, 0.15) is 5.69 Å². The van der Waals surface area contributed by atoms with E-state index in [9.17, 15) is 0 Å². The van der Waals surface area contributed by atoms with Gasteiger partial charge in [-0.2, -0.15) is 0 Å². The lowest BCUT2D eigenvalue weighted by Crippen LogP contribution is -1.99. The summed E-state index contributed by atoms with van der Waals surface area (Å²) < 4.78 is 0. The first-order chi connectivity index (χ1) is 11.9. The third kappa shape index (κ3) is 2.98. The summed E-state index contributed by atoms with van der Waals surface area (Å²) in [5.74, 6) is 0.502. The summed E-state index contributed by atoms with van der Waals surface area (Å²) in [5.41, 5.74) is 3.57. The molecule has 6 heteroatoms. The zero-order chi connectivity index (χ0) is 16.2. The number of aromatic nitrogens is 5. The van der Waals surface area contributed by atoms with Gasteiger partial charge in [0.2, 0.25) is 5.82 Å². The third-order valence-corrected chi connectivity index (χ3v) is 3.47. The van der Waals surface area contributed by atoms with Crippen LogP contribution in [-0.2, 0) is 0 Å². The highest BCUT2D eigenvalue weighted by molar-refractivity contribution is 5.60. The van der Waals surface area contributed by atoms with Crippen LogP contribution in [0.2, 0.25) is 0 Å². The molecule has 0 amide bonds. The second-order valence-electron chi connectivity index (χ2n) is 5.16. The van der Waals surface area contributed by atoms with Gasteiger partial charge in [-0.1, -0.05) is 24.3 Å². The molecule has 4 aromatic rings. The molecule has 0 fully saturated rings. The van der Waals surface area contributed by atoms with Crippen molar-refractivity contribution in [2.45, 2.75) is 0 Å². The molecule has 24 heavy (non-hydrogen) atoms. The van der Waals surface area contributed by atoms with Crippen LogP contribution in [-0.4, -0.2) is 25.2 Å². The van der Waals surface area contributed by atoms with Crippen molar-refractivity contribution in [3.63, 3.8) is 0 Å². The van der Waals surface area contributed by atoms with Crippen molar-refractivity contribution in [1.82, 2.24) is 25.2 Å². The largest absolute Gasteiger partial charge is 0.356 e. The first kappa shape index (κ1) is 14.1. The monoisotopic (exact) mass is 314 g/mol. The first-order valence-electron chi connectivity index (χ1n) is 7.52. The van der Waals surface area contributed by atoms with E-state index in [0.29, 0.717) is 11.5 Å². The topological polar surface area (TPSA) is 68.5 Å². The van der Waals surface area contributed by atoms with Gasteiger partial charge in [0.25, 0.3) is 0 Å². The molecule has 0 spiro atoms. The fraction of sp³-hybridized carbons (Fsp3) is 0. The average molecular weight is 314 g/mol. The summed E-state index contributed by atoms with van der Waals surface area (Å²) in [4.78, 5) is 5.72. The Kier molecular flexibility index (Phi) is 3.69. The number of nitrogens with zero attached hydrogens (tertiary/aromatic N) is 5. The Morgan fingerprint density at radius 1 is 0.750 bits per heavy atom. The molecule has 4 rings (SSSR count). The maximum atomic E-state index is 4.38. The highest BCUT2D eigenvalue weighted by Gasteiger charge is 2.07. The number of tetrazole rings is 1. The third-order valence-electron chi connectivity index (χ3n) is 3.47. The molecular weight excluding hydrogens is 300 g/mol. The number of rotatable bonds is 4. The number of nitrogens with one attached hydrogen (secondary N) is 1. The van der Waals surface area contributed by atoms with E-state index in [0.717, 1.165) is 17.1 Å². The fourth-order valence-electron chi connectivity index (χ4n) is 2.29. The highest BCUT2D eigenvalue weighted by atomic mass is 15.6. The van der Waals surface area contributed by atoms with Gasteiger partial charge >= 0.3 is 0 Å². The Hall–Kier alpha value is -3.54. The van der Waals surface area contributed by atoms with E-state index in [-0.39, 0.29) is 0 Å². The molecular formula is C18H14N6. The van der Waals surface area contributed by atoms with Crippen LogP contribution >= 0.6 is 0 Å². The number of hydrogen-bond donors (Lipinski definition) is 1. The van der Waals surface area contributed by atoms with Crippen LogP contribution in [0.15, 0.2) is 79.0 Å². The van der Waals surface area contributed by atoms with Gasteiger partial charge in [0.15, 0.2) is 0 Å². The summed E-state index contributed by atoms with van der Waals surface area (Å²) in [5, 5.41) is 15.9. The second-order valence-corrected chi connectivity index (χ2v) is 5.16. The summed E-state index contributed by atoms with van der Waals surface area (Å²) in [7, 11) is 0. The van der Waals surface area contributed by atoms with Crippen LogP contribution in [0.1, 0.15) is 0 Å². The lowest BCUT2D eigenvalue weighted by molar-refractivity contribution is 0.720. The molecule has 6 nitrogen and oxygen atoms in total. The SMILES string of the molecule is c1ccc(Nc2ccc(-n3nnc(-c4ccccn4)n3)cc2)cc1. The van der Waals surface area contributed by atoms with Crippen molar-refractivity contribution >= 4 is 11.4 Å². The number of benzene rings is 2. The number of hydrogen-bond acceptors (Lipinski definition) is 5. The minimum Gasteiger partial charge on any atom is -0.356 e. The summed E-state index contributed by atoms with van der Waals surface area (Å²) >= 11 is 0. The van der Waals surface area contributed by atoms with Crippen molar-refractivity contribution in [3.8, 4) is 17.2 Å². The van der Waals surface area contributed by atoms with Gasteiger partial charge in [-0.25, -0.2) is 0 Å². The van der Waals surface area contributed by atoms with E-state index in [4.69, 9.17) is 0 Å². The van der Waals surface area contributed by atoms with Crippen LogP contribution in [0.25, 0.3) is 17.2 Å². The van der Waals surface area contributed by atoms with Gasteiger partial charge in [-0.05, 0) is 53.7 Å². The van der Waals surface area contributed by atoms with Gasteiger partial charge in [-0.15, -0.1) is 15.0 Å². The fourth-order valence-corrected chi connectivity index (χ4v) is 2.29.